The molecule has 1 rings (SSSR count). The van der Waals surface area contributed by atoms with Gasteiger partial charge in [-0.3, -0.25) is 4.79 Å². The molecule has 0 radical (unpaired) electrons. The molecule has 0 saturated carbocycles. The number of rotatable bonds is 4. The Morgan fingerprint density at radius 2 is 2.21 bits per heavy atom. The molecule has 0 aliphatic carbocycles. The van der Waals surface area contributed by atoms with Crippen molar-refractivity contribution in [1.29, 1.82) is 0 Å². The molecular formula is C12H23NO. The lowest BCUT2D eigenvalue weighted by atomic mass is 9.94. The van der Waals surface area contributed by atoms with Crippen molar-refractivity contribution in [2.75, 3.05) is 19.6 Å². The summed E-state index contributed by atoms with van der Waals surface area (Å²) >= 11 is 0. The maximum Gasteiger partial charge on any atom is 0.138 e. The van der Waals surface area contributed by atoms with Crippen molar-refractivity contribution in [3.05, 3.63) is 0 Å². The van der Waals surface area contributed by atoms with Crippen molar-refractivity contribution in [1.82, 2.24) is 4.90 Å². The van der Waals surface area contributed by atoms with Crippen LogP contribution >= 0.6 is 0 Å². The lowest BCUT2D eigenvalue weighted by molar-refractivity contribution is -0.126. The number of nitrogens with zero attached hydrogens (tertiary/aromatic N) is 1. The SMILES string of the molecule is CCC1CN(CCC(C)C)CCC1=O. The van der Waals surface area contributed by atoms with Gasteiger partial charge in [0.2, 0.25) is 0 Å². The van der Waals surface area contributed by atoms with Crippen molar-refractivity contribution >= 4 is 5.78 Å². The van der Waals surface area contributed by atoms with Crippen molar-refractivity contribution in [3.8, 4) is 0 Å². The third kappa shape index (κ3) is 3.41. The number of piperidine rings is 1. The van der Waals surface area contributed by atoms with Crippen LogP contribution in [0.4, 0.5) is 0 Å². The minimum Gasteiger partial charge on any atom is -0.302 e. The van der Waals surface area contributed by atoms with Gasteiger partial charge in [0.1, 0.15) is 5.78 Å². The van der Waals surface area contributed by atoms with Gasteiger partial charge in [-0.2, -0.15) is 0 Å². The van der Waals surface area contributed by atoms with Gasteiger partial charge in [0.25, 0.3) is 0 Å². The zero-order valence-electron chi connectivity index (χ0n) is 9.75. The van der Waals surface area contributed by atoms with E-state index in [0.29, 0.717) is 11.7 Å². The zero-order valence-corrected chi connectivity index (χ0v) is 9.75. The van der Waals surface area contributed by atoms with E-state index in [1.807, 2.05) is 0 Å². The number of ketones is 1. The Labute approximate surface area is 87.7 Å². The summed E-state index contributed by atoms with van der Waals surface area (Å²) in [6.45, 7) is 9.79. The van der Waals surface area contributed by atoms with Crippen molar-refractivity contribution < 1.29 is 4.79 Å². The van der Waals surface area contributed by atoms with Crippen LogP contribution in [0, 0.1) is 11.8 Å². The minimum absolute atomic E-state index is 0.316. The second-order valence-corrected chi connectivity index (χ2v) is 4.80. The number of hydrogen-bond acceptors (Lipinski definition) is 2. The lowest BCUT2D eigenvalue weighted by Gasteiger charge is -2.31. The second kappa shape index (κ2) is 5.50. The summed E-state index contributed by atoms with van der Waals surface area (Å²) in [6, 6.07) is 0. The Bertz CT molecular complexity index is 189. The summed E-state index contributed by atoms with van der Waals surface area (Å²) in [4.78, 5) is 13.9. The van der Waals surface area contributed by atoms with Gasteiger partial charge in [0.15, 0.2) is 0 Å². The average Bonchev–Trinajstić information content (AvgIpc) is 2.16. The first-order chi connectivity index (χ1) is 6.63. The maximum atomic E-state index is 11.5. The summed E-state index contributed by atoms with van der Waals surface area (Å²) in [5, 5.41) is 0. The predicted octanol–water partition coefficient (Wildman–Crippen LogP) is 2.33. The number of carbonyl (C=O) groups is 1. The first-order valence-electron chi connectivity index (χ1n) is 5.88. The average molecular weight is 197 g/mol. The molecule has 14 heavy (non-hydrogen) atoms. The van der Waals surface area contributed by atoms with E-state index in [2.05, 4.69) is 25.7 Å². The summed E-state index contributed by atoms with van der Waals surface area (Å²) < 4.78 is 0. The van der Waals surface area contributed by atoms with E-state index in [9.17, 15) is 4.79 Å². The van der Waals surface area contributed by atoms with E-state index in [1.54, 1.807) is 0 Å². The Hall–Kier alpha value is -0.370. The van der Waals surface area contributed by atoms with Crippen LogP contribution in [0.2, 0.25) is 0 Å². The molecule has 0 aromatic heterocycles. The van der Waals surface area contributed by atoms with Crippen LogP contribution in [0.15, 0.2) is 0 Å². The number of hydrogen-bond donors (Lipinski definition) is 0. The van der Waals surface area contributed by atoms with Gasteiger partial charge in [-0.05, 0) is 25.3 Å². The van der Waals surface area contributed by atoms with Crippen LogP contribution < -0.4 is 0 Å². The van der Waals surface area contributed by atoms with Crippen LogP contribution in [0.1, 0.15) is 40.0 Å². The maximum absolute atomic E-state index is 11.5. The minimum atomic E-state index is 0.316. The Balaban J connectivity index is 2.31. The number of Topliss-reactive ketones (excluding diaryl/α,β-unsaturated/α-hetero) is 1. The highest BCUT2D eigenvalue weighted by atomic mass is 16.1. The predicted molar refractivity (Wildman–Crippen MR) is 59.3 cm³/mol. The summed E-state index contributed by atoms with van der Waals surface area (Å²) in [5.74, 6) is 1.57. The molecule has 1 fully saturated rings. The molecule has 0 bridgehead atoms. The fourth-order valence-electron chi connectivity index (χ4n) is 1.98. The zero-order chi connectivity index (χ0) is 10.6. The van der Waals surface area contributed by atoms with E-state index < -0.39 is 0 Å². The molecule has 1 unspecified atom stereocenters. The topological polar surface area (TPSA) is 20.3 Å². The first kappa shape index (κ1) is 11.7. The Morgan fingerprint density at radius 1 is 1.50 bits per heavy atom. The molecule has 1 heterocycles. The van der Waals surface area contributed by atoms with Crippen LogP contribution in [0.25, 0.3) is 0 Å². The molecule has 1 saturated heterocycles. The van der Waals surface area contributed by atoms with E-state index in [-0.39, 0.29) is 0 Å². The molecule has 1 aliphatic rings. The van der Waals surface area contributed by atoms with Crippen LogP contribution in [-0.4, -0.2) is 30.3 Å². The van der Waals surface area contributed by atoms with Gasteiger partial charge in [0, 0.05) is 25.4 Å². The van der Waals surface area contributed by atoms with Crippen molar-refractivity contribution in [3.63, 3.8) is 0 Å². The normalized spacial score (nSPS) is 24.6. The lowest BCUT2D eigenvalue weighted by Crippen LogP contribution is -2.41. The molecule has 0 aromatic carbocycles. The fourth-order valence-corrected chi connectivity index (χ4v) is 1.98. The Kier molecular flexibility index (Phi) is 4.59. The molecule has 82 valence electrons. The van der Waals surface area contributed by atoms with Gasteiger partial charge in [0.05, 0.1) is 0 Å². The molecule has 0 spiro atoms. The second-order valence-electron chi connectivity index (χ2n) is 4.80. The smallest absolute Gasteiger partial charge is 0.138 e. The highest BCUT2D eigenvalue weighted by Crippen LogP contribution is 2.16. The Morgan fingerprint density at radius 3 is 2.79 bits per heavy atom. The number of carbonyl (C=O) groups excluding carboxylic acids is 1. The third-order valence-electron chi connectivity index (χ3n) is 3.12. The largest absolute Gasteiger partial charge is 0.302 e. The fraction of sp³-hybridized carbons (Fsp3) is 0.917. The highest BCUT2D eigenvalue weighted by Gasteiger charge is 2.25. The molecule has 2 heteroatoms. The van der Waals surface area contributed by atoms with Crippen molar-refractivity contribution in [2.45, 2.75) is 40.0 Å². The summed E-state index contributed by atoms with van der Waals surface area (Å²) in [6.07, 6.45) is 3.04. The van der Waals surface area contributed by atoms with Gasteiger partial charge in [-0.25, -0.2) is 0 Å². The molecule has 1 aliphatic heterocycles. The quantitative estimate of drug-likeness (QED) is 0.689. The van der Waals surface area contributed by atoms with Crippen molar-refractivity contribution in [2.24, 2.45) is 11.8 Å². The highest BCUT2D eigenvalue weighted by molar-refractivity contribution is 5.82. The van der Waals surface area contributed by atoms with Gasteiger partial charge >= 0.3 is 0 Å². The van der Waals surface area contributed by atoms with E-state index >= 15 is 0 Å². The van der Waals surface area contributed by atoms with Gasteiger partial charge < -0.3 is 4.90 Å². The standard InChI is InChI=1S/C12H23NO/c1-4-11-9-13(7-5-10(2)3)8-6-12(11)14/h10-11H,4-9H2,1-3H3. The monoisotopic (exact) mass is 197 g/mol. The van der Waals surface area contributed by atoms with E-state index in [0.717, 1.165) is 31.8 Å². The third-order valence-corrected chi connectivity index (χ3v) is 3.12. The summed E-state index contributed by atoms with van der Waals surface area (Å²) in [5.41, 5.74) is 0. The molecule has 0 aromatic rings. The van der Waals surface area contributed by atoms with Gasteiger partial charge in [-0.1, -0.05) is 20.8 Å². The van der Waals surface area contributed by atoms with Crippen LogP contribution in [0.5, 0.6) is 0 Å². The number of likely N-dealkylation sites (tertiary alicyclic amines) is 1. The first-order valence-corrected chi connectivity index (χ1v) is 5.88. The van der Waals surface area contributed by atoms with E-state index in [1.165, 1.54) is 13.0 Å². The summed E-state index contributed by atoms with van der Waals surface area (Å²) in [7, 11) is 0. The molecule has 0 N–H and O–H groups in total. The molecule has 0 amide bonds. The van der Waals surface area contributed by atoms with Crippen LogP contribution in [0.3, 0.4) is 0 Å². The molecule has 2 nitrogen and oxygen atoms in total. The van der Waals surface area contributed by atoms with Crippen LogP contribution in [-0.2, 0) is 4.79 Å². The molecule has 1 atom stereocenters. The molecular weight excluding hydrogens is 174 g/mol. The van der Waals surface area contributed by atoms with E-state index in [4.69, 9.17) is 0 Å². The van der Waals surface area contributed by atoms with Gasteiger partial charge in [-0.15, -0.1) is 0 Å².